The molecule has 0 aromatic heterocycles. The van der Waals surface area contributed by atoms with Gasteiger partial charge in [-0.05, 0) is 37.1 Å². The second-order valence-corrected chi connectivity index (χ2v) is 6.07. The first-order chi connectivity index (χ1) is 12.5. The maximum atomic E-state index is 12.9. The van der Waals surface area contributed by atoms with Gasteiger partial charge in [0.25, 0.3) is 11.6 Å². The normalized spacial score (nSPS) is 16.4. The summed E-state index contributed by atoms with van der Waals surface area (Å²) in [6, 6.07) is 11.2. The van der Waals surface area contributed by atoms with Crippen LogP contribution in [0.3, 0.4) is 0 Å². The predicted molar refractivity (Wildman–Crippen MR) is 95.7 cm³/mol. The Bertz CT molecular complexity index is 819. The molecule has 0 saturated carbocycles. The Labute approximate surface area is 151 Å². The van der Waals surface area contributed by atoms with Crippen LogP contribution in [0, 0.1) is 10.1 Å². The van der Waals surface area contributed by atoms with E-state index < -0.39 is 4.92 Å². The van der Waals surface area contributed by atoms with E-state index in [1.807, 2.05) is 18.2 Å². The number of carbonyl (C=O) groups is 1. The number of nitrogens with zero attached hydrogens (tertiary/aromatic N) is 2. The van der Waals surface area contributed by atoms with Crippen LogP contribution < -0.4 is 9.47 Å². The topological polar surface area (TPSA) is 81.9 Å². The van der Waals surface area contributed by atoms with Gasteiger partial charge >= 0.3 is 0 Å². The summed E-state index contributed by atoms with van der Waals surface area (Å²) >= 11 is 0. The van der Waals surface area contributed by atoms with E-state index in [2.05, 4.69) is 0 Å². The second-order valence-electron chi connectivity index (χ2n) is 6.07. The molecule has 0 spiro atoms. The number of benzene rings is 2. The van der Waals surface area contributed by atoms with Crippen LogP contribution in [0.5, 0.6) is 11.5 Å². The number of nitro benzene ring substituents is 1. The van der Waals surface area contributed by atoms with Gasteiger partial charge < -0.3 is 14.4 Å². The molecule has 2 aromatic carbocycles. The first-order valence-electron chi connectivity index (χ1n) is 8.32. The van der Waals surface area contributed by atoms with Gasteiger partial charge in [-0.25, -0.2) is 0 Å². The van der Waals surface area contributed by atoms with E-state index in [0.717, 1.165) is 18.4 Å². The van der Waals surface area contributed by atoms with Gasteiger partial charge in [-0.2, -0.15) is 0 Å². The molecule has 0 N–H and O–H groups in total. The van der Waals surface area contributed by atoms with Crippen LogP contribution in [0.15, 0.2) is 42.5 Å². The monoisotopic (exact) mass is 356 g/mol. The molecule has 0 aliphatic carbocycles. The summed E-state index contributed by atoms with van der Waals surface area (Å²) in [5.74, 6) is 1.23. The highest BCUT2D eigenvalue weighted by molar-refractivity contribution is 5.95. The Hall–Kier alpha value is -3.09. The fraction of sp³-hybridized carbons (Fsp3) is 0.316. The molecule has 1 fully saturated rings. The van der Waals surface area contributed by atoms with E-state index in [1.54, 1.807) is 19.1 Å². The van der Waals surface area contributed by atoms with Gasteiger partial charge in [0.05, 0.1) is 25.2 Å². The van der Waals surface area contributed by atoms with Gasteiger partial charge in [-0.15, -0.1) is 0 Å². The van der Waals surface area contributed by atoms with E-state index in [9.17, 15) is 14.9 Å². The molecular formula is C19H20N2O5. The minimum absolute atomic E-state index is 0.0312. The Morgan fingerprint density at radius 3 is 2.50 bits per heavy atom. The molecule has 26 heavy (non-hydrogen) atoms. The lowest BCUT2D eigenvalue weighted by Gasteiger charge is -2.26. The molecule has 1 amide bonds. The number of ether oxygens (including phenoxy) is 2. The molecule has 7 heteroatoms. The first-order valence-corrected chi connectivity index (χ1v) is 8.32. The SMILES string of the molecule is COc1ccc(C2CCCN2C(=O)c2ccc([N+](=O)[O-])cc2)c(OC)c1. The average Bonchev–Trinajstić information content (AvgIpc) is 3.16. The number of likely N-dealkylation sites (tertiary alicyclic amines) is 1. The van der Waals surface area contributed by atoms with E-state index in [-0.39, 0.29) is 17.6 Å². The molecule has 1 heterocycles. The summed E-state index contributed by atoms with van der Waals surface area (Å²) in [6.45, 7) is 0.635. The number of hydrogen-bond donors (Lipinski definition) is 0. The molecule has 3 rings (SSSR count). The first kappa shape index (κ1) is 17.7. The zero-order chi connectivity index (χ0) is 18.7. The molecule has 1 atom stereocenters. The summed E-state index contributed by atoms with van der Waals surface area (Å²) in [6.07, 6.45) is 1.72. The van der Waals surface area contributed by atoms with Crippen LogP contribution in [-0.4, -0.2) is 36.5 Å². The van der Waals surface area contributed by atoms with Crippen LogP contribution >= 0.6 is 0 Å². The van der Waals surface area contributed by atoms with Crippen molar-refractivity contribution in [2.45, 2.75) is 18.9 Å². The highest BCUT2D eigenvalue weighted by Gasteiger charge is 2.32. The Morgan fingerprint density at radius 2 is 1.88 bits per heavy atom. The minimum atomic E-state index is -0.477. The van der Waals surface area contributed by atoms with Gasteiger partial charge in [0, 0.05) is 35.9 Å². The van der Waals surface area contributed by atoms with Crippen molar-refractivity contribution in [2.75, 3.05) is 20.8 Å². The average molecular weight is 356 g/mol. The third-order valence-electron chi connectivity index (χ3n) is 4.64. The van der Waals surface area contributed by atoms with Crippen LogP contribution in [0.25, 0.3) is 0 Å². The summed E-state index contributed by atoms with van der Waals surface area (Å²) < 4.78 is 10.7. The van der Waals surface area contributed by atoms with Crippen LogP contribution in [0.2, 0.25) is 0 Å². The number of amides is 1. The highest BCUT2D eigenvalue weighted by Crippen LogP contribution is 2.39. The van der Waals surface area contributed by atoms with Gasteiger partial charge in [-0.1, -0.05) is 0 Å². The number of rotatable bonds is 5. The van der Waals surface area contributed by atoms with Crippen LogP contribution in [0.1, 0.15) is 34.8 Å². The van der Waals surface area contributed by atoms with Gasteiger partial charge in [-0.3, -0.25) is 14.9 Å². The molecular weight excluding hydrogens is 336 g/mol. The van der Waals surface area contributed by atoms with Gasteiger partial charge in [0.1, 0.15) is 11.5 Å². The lowest BCUT2D eigenvalue weighted by Crippen LogP contribution is -2.30. The summed E-state index contributed by atoms with van der Waals surface area (Å²) in [5, 5.41) is 10.8. The minimum Gasteiger partial charge on any atom is -0.497 e. The van der Waals surface area contributed by atoms with E-state index in [1.165, 1.54) is 24.3 Å². The molecule has 1 aliphatic heterocycles. The van der Waals surface area contributed by atoms with E-state index >= 15 is 0 Å². The molecule has 1 saturated heterocycles. The number of carbonyl (C=O) groups excluding carboxylic acids is 1. The maximum Gasteiger partial charge on any atom is 0.269 e. The zero-order valence-corrected chi connectivity index (χ0v) is 14.7. The Balaban J connectivity index is 1.88. The van der Waals surface area contributed by atoms with Crippen LogP contribution in [0.4, 0.5) is 5.69 Å². The predicted octanol–water partition coefficient (Wildman–Crippen LogP) is 3.59. The molecule has 1 unspecified atom stereocenters. The Morgan fingerprint density at radius 1 is 1.15 bits per heavy atom. The van der Waals surface area contributed by atoms with Crippen molar-refractivity contribution in [1.82, 2.24) is 4.90 Å². The van der Waals surface area contributed by atoms with Crippen molar-refractivity contribution in [3.8, 4) is 11.5 Å². The van der Waals surface area contributed by atoms with Crippen molar-refractivity contribution in [3.63, 3.8) is 0 Å². The zero-order valence-electron chi connectivity index (χ0n) is 14.7. The molecule has 2 aromatic rings. The third-order valence-corrected chi connectivity index (χ3v) is 4.64. The largest absolute Gasteiger partial charge is 0.497 e. The number of non-ortho nitro benzene ring substituents is 1. The molecule has 0 radical (unpaired) electrons. The number of methoxy groups -OCH3 is 2. The lowest BCUT2D eigenvalue weighted by atomic mass is 10.0. The maximum absolute atomic E-state index is 12.9. The lowest BCUT2D eigenvalue weighted by molar-refractivity contribution is -0.384. The summed E-state index contributed by atoms with van der Waals surface area (Å²) in [5.41, 5.74) is 1.34. The third kappa shape index (κ3) is 3.33. The fourth-order valence-electron chi connectivity index (χ4n) is 3.32. The Kier molecular flexibility index (Phi) is 5.06. The second kappa shape index (κ2) is 7.43. The molecule has 1 aliphatic rings. The van der Waals surface area contributed by atoms with Gasteiger partial charge in [0.2, 0.25) is 0 Å². The van der Waals surface area contributed by atoms with Crippen molar-refractivity contribution < 1.29 is 19.2 Å². The van der Waals surface area contributed by atoms with Gasteiger partial charge in [0.15, 0.2) is 0 Å². The van der Waals surface area contributed by atoms with E-state index in [4.69, 9.17) is 9.47 Å². The smallest absolute Gasteiger partial charge is 0.269 e. The molecule has 7 nitrogen and oxygen atoms in total. The summed E-state index contributed by atoms with van der Waals surface area (Å²) in [4.78, 5) is 25.0. The van der Waals surface area contributed by atoms with Crippen molar-refractivity contribution in [3.05, 3.63) is 63.7 Å². The van der Waals surface area contributed by atoms with Crippen molar-refractivity contribution in [1.29, 1.82) is 0 Å². The standard InChI is InChI=1S/C19H20N2O5/c1-25-15-9-10-16(18(12-15)26-2)17-4-3-11-20(17)19(22)13-5-7-14(8-6-13)21(23)24/h5-10,12,17H,3-4,11H2,1-2H3. The van der Waals surface area contributed by atoms with Crippen LogP contribution in [-0.2, 0) is 0 Å². The van der Waals surface area contributed by atoms with Crippen molar-refractivity contribution in [2.24, 2.45) is 0 Å². The molecule has 136 valence electrons. The van der Waals surface area contributed by atoms with Crippen molar-refractivity contribution >= 4 is 11.6 Å². The number of hydrogen-bond acceptors (Lipinski definition) is 5. The number of nitro groups is 1. The highest BCUT2D eigenvalue weighted by atomic mass is 16.6. The van der Waals surface area contributed by atoms with E-state index in [0.29, 0.717) is 23.6 Å². The quantitative estimate of drug-likeness (QED) is 0.604. The molecule has 0 bridgehead atoms. The fourth-order valence-corrected chi connectivity index (χ4v) is 3.32. The summed E-state index contributed by atoms with van der Waals surface area (Å²) in [7, 11) is 3.18.